The number of nitrogens with one attached hydrogen (secondary N) is 3. The number of ether oxygens (including phenoxy) is 3. The molecule has 2 aromatic rings. The maximum atomic E-state index is 12.4. The minimum atomic E-state index is -0.354. The summed E-state index contributed by atoms with van der Waals surface area (Å²) in [5, 5.41) is 13.0. The van der Waals surface area contributed by atoms with Crippen LogP contribution in [0.1, 0.15) is 49.3 Å². The lowest BCUT2D eigenvalue weighted by Gasteiger charge is -2.23. The lowest BCUT2D eigenvalue weighted by atomic mass is 10.0. The van der Waals surface area contributed by atoms with Gasteiger partial charge in [-0.05, 0) is 43.7 Å². The fourth-order valence-electron chi connectivity index (χ4n) is 4.18. The summed E-state index contributed by atoms with van der Waals surface area (Å²) in [7, 11) is 1.54. The highest BCUT2D eigenvalue weighted by Gasteiger charge is 2.30. The number of hydrogen-bond acceptors (Lipinski definition) is 7. The molecule has 4 rings (SSSR count). The molecular formula is C22H29N5O5. The molecule has 0 unspecified atom stereocenters. The summed E-state index contributed by atoms with van der Waals surface area (Å²) in [5.74, 6) is 0.983. The van der Waals surface area contributed by atoms with E-state index in [4.69, 9.17) is 14.2 Å². The number of amides is 2. The predicted octanol–water partition coefficient (Wildman–Crippen LogP) is 2.54. The molecule has 10 nitrogen and oxygen atoms in total. The average Bonchev–Trinajstić information content (AvgIpc) is 3.44. The lowest BCUT2D eigenvalue weighted by molar-refractivity contribution is -0.115. The van der Waals surface area contributed by atoms with Gasteiger partial charge in [0.05, 0.1) is 13.5 Å². The van der Waals surface area contributed by atoms with Crippen LogP contribution in [0.3, 0.4) is 0 Å². The van der Waals surface area contributed by atoms with E-state index in [1.165, 1.54) is 7.11 Å². The van der Waals surface area contributed by atoms with Crippen molar-refractivity contribution in [3.63, 3.8) is 0 Å². The summed E-state index contributed by atoms with van der Waals surface area (Å²) in [6.07, 6.45) is 5.39. The first-order chi connectivity index (χ1) is 15.6. The molecule has 0 spiro atoms. The van der Waals surface area contributed by atoms with Crippen molar-refractivity contribution in [2.75, 3.05) is 25.6 Å². The second kappa shape index (κ2) is 10.4. The molecule has 2 atom stereocenters. The quantitative estimate of drug-likeness (QED) is 0.600. The number of H-pyrrole nitrogens is 1. The van der Waals surface area contributed by atoms with Crippen LogP contribution in [0, 0.1) is 0 Å². The molecule has 0 bridgehead atoms. The number of anilines is 1. The summed E-state index contributed by atoms with van der Waals surface area (Å²) in [6, 6.07) is 5.47. The summed E-state index contributed by atoms with van der Waals surface area (Å²) < 4.78 is 16.0. The molecular weight excluding hydrogens is 414 g/mol. The van der Waals surface area contributed by atoms with Crippen LogP contribution in [0.15, 0.2) is 24.4 Å². The van der Waals surface area contributed by atoms with Crippen LogP contribution in [0.5, 0.6) is 5.88 Å². The fourth-order valence-corrected chi connectivity index (χ4v) is 4.18. The van der Waals surface area contributed by atoms with Crippen molar-refractivity contribution in [2.24, 2.45) is 0 Å². The number of alkyl carbamates (subject to hydrolysis) is 1. The Kier molecular flexibility index (Phi) is 7.21. The Morgan fingerprint density at radius 2 is 2.06 bits per heavy atom. The van der Waals surface area contributed by atoms with Gasteiger partial charge in [0.25, 0.3) is 0 Å². The van der Waals surface area contributed by atoms with E-state index in [1.807, 2.05) is 6.07 Å². The van der Waals surface area contributed by atoms with E-state index in [9.17, 15) is 9.59 Å². The zero-order valence-corrected chi connectivity index (χ0v) is 18.1. The van der Waals surface area contributed by atoms with Crippen LogP contribution in [0.4, 0.5) is 10.6 Å². The molecule has 2 aliphatic rings. The molecule has 0 radical (unpaired) electrons. The number of pyridine rings is 1. The SMILES string of the molecule is COc1cc(CC(=O)Nc2cc([C@@H]3CC[C@H](OC(=O)NC4CCOCC4)C3)[nH]n2)ccn1. The first-order valence-corrected chi connectivity index (χ1v) is 11.0. The van der Waals surface area contributed by atoms with Gasteiger partial charge >= 0.3 is 6.09 Å². The highest BCUT2D eigenvalue weighted by Crippen LogP contribution is 2.35. The number of carbonyl (C=O) groups excluding carboxylic acids is 2. The van der Waals surface area contributed by atoms with Gasteiger partial charge in [-0.2, -0.15) is 5.10 Å². The zero-order chi connectivity index (χ0) is 22.3. The Morgan fingerprint density at radius 1 is 1.22 bits per heavy atom. The standard InChI is InChI=1S/C22H29N5O5/c1-30-21-11-14(4-7-23-21)10-20(28)25-19-13-18(26-27-19)15-2-3-17(12-15)32-22(29)24-16-5-8-31-9-6-16/h4,7,11,13,15-17H,2-3,5-6,8-10,12H2,1H3,(H,24,29)(H2,25,26,27,28)/t15-,17+/m1/s1. The van der Waals surface area contributed by atoms with E-state index in [0.717, 1.165) is 43.4 Å². The Labute approximate surface area is 186 Å². The van der Waals surface area contributed by atoms with Gasteiger partial charge in [0.2, 0.25) is 11.8 Å². The highest BCUT2D eigenvalue weighted by molar-refractivity contribution is 5.91. The zero-order valence-electron chi connectivity index (χ0n) is 18.1. The van der Waals surface area contributed by atoms with Crippen molar-refractivity contribution in [3.05, 3.63) is 35.7 Å². The number of aromatic amines is 1. The van der Waals surface area contributed by atoms with Gasteiger partial charge in [0.1, 0.15) is 6.10 Å². The number of aromatic nitrogens is 3. The van der Waals surface area contributed by atoms with E-state index < -0.39 is 0 Å². The van der Waals surface area contributed by atoms with Crippen molar-refractivity contribution in [1.29, 1.82) is 0 Å². The Balaban J connectivity index is 1.23. The van der Waals surface area contributed by atoms with Gasteiger partial charge in [-0.3, -0.25) is 9.89 Å². The largest absolute Gasteiger partial charge is 0.481 e. The van der Waals surface area contributed by atoms with Crippen LogP contribution in [-0.4, -0.2) is 59.7 Å². The van der Waals surface area contributed by atoms with E-state index in [1.54, 1.807) is 18.3 Å². The van der Waals surface area contributed by atoms with Crippen molar-refractivity contribution < 1.29 is 23.8 Å². The van der Waals surface area contributed by atoms with Gasteiger partial charge in [0, 0.05) is 49.2 Å². The van der Waals surface area contributed by atoms with Crippen molar-refractivity contribution in [3.8, 4) is 5.88 Å². The lowest BCUT2D eigenvalue weighted by Crippen LogP contribution is -2.40. The third kappa shape index (κ3) is 5.97. The number of carbonyl (C=O) groups is 2. The Hall–Kier alpha value is -3.14. The first-order valence-electron chi connectivity index (χ1n) is 11.0. The number of rotatable bonds is 7. The average molecular weight is 444 g/mol. The Morgan fingerprint density at radius 3 is 2.88 bits per heavy atom. The second-order valence-corrected chi connectivity index (χ2v) is 8.21. The van der Waals surface area contributed by atoms with Gasteiger partial charge in [0.15, 0.2) is 5.82 Å². The fraction of sp³-hybridized carbons (Fsp3) is 0.545. The molecule has 3 heterocycles. The van der Waals surface area contributed by atoms with Gasteiger partial charge in [-0.1, -0.05) is 0 Å². The normalized spacial score (nSPS) is 21.2. The molecule has 32 heavy (non-hydrogen) atoms. The monoisotopic (exact) mass is 443 g/mol. The minimum Gasteiger partial charge on any atom is -0.481 e. The Bertz CT molecular complexity index is 927. The summed E-state index contributed by atoms with van der Waals surface area (Å²) >= 11 is 0. The third-order valence-corrected chi connectivity index (χ3v) is 5.88. The molecule has 1 saturated heterocycles. The number of hydrogen-bond donors (Lipinski definition) is 3. The summed E-state index contributed by atoms with van der Waals surface area (Å²) in [6.45, 7) is 1.35. The molecule has 3 N–H and O–H groups in total. The summed E-state index contributed by atoms with van der Waals surface area (Å²) in [5.41, 5.74) is 1.74. The van der Waals surface area contributed by atoms with Crippen LogP contribution in [0.2, 0.25) is 0 Å². The molecule has 1 saturated carbocycles. The van der Waals surface area contributed by atoms with Crippen molar-refractivity contribution in [1.82, 2.24) is 20.5 Å². The number of nitrogens with zero attached hydrogens (tertiary/aromatic N) is 2. The van der Waals surface area contributed by atoms with E-state index in [2.05, 4.69) is 25.8 Å². The first kappa shape index (κ1) is 22.1. The molecule has 1 aliphatic carbocycles. The van der Waals surface area contributed by atoms with Gasteiger partial charge in [-0.15, -0.1) is 0 Å². The van der Waals surface area contributed by atoms with E-state index >= 15 is 0 Å². The van der Waals surface area contributed by atoms with Crippen LogP contribution >= 0.6 is 0 Å². The number of methoxy groups -OCH3 is 1. The predicted molar refractivity (Wildman–Crippen MR) is 116 cm³/mol. The van der Waals surface area contributed by atoms with E-state index in [0.29, 0.717) is 24.9 Å². The van der Waals surface area contributed by atoms with Crippen LogP contribution in [0.25, 0.3) is 0 Å². The van der Waals surface area contributed by atoms with Crippen molar-refractivity contribution in [2.45, 2.75) is 56.6 Å². The minimum absolute atomic E-state index is 0.122. The van der Waals surface area contributed by atoms with Crippen LogP contribution < -0.4 is 15.4 Å². The second-order valence-electron chi connectivity index (χ2n) is 8.21. The molecule has 1 aliphatic heterocycles. The van der Waals surface area contributed by atoms with E-state index in [-0.39, 0.29) is 36.5 Å². The molecule has 10 heteroatoms. The maximum absolute atomic E-state index is 12.4. The summed E-state index contributed by atoms with van der Waals surface area (Å²) in [4.78, 5) is 28.6. The maximum Gasteiger partial charge on any atom is 0.407 e. The van der Waals surface area contributed by atoms with Gasteiger partial charge < -0.3 is 24.8 Å². The van der Waals surface area contributed by atoms with Crippen LogP contribution in [-0.2, 0) is 20.7 Å². The smallest absolute Gasteiger partial charge is 0.407 e. The van der Waals surface area contributed by atoms with Crippen molar-refractivity contribution >= 4 is 17.8 Å². The molecule has 2 fully saturated rings. The topological polar surface area (TPSA) is 127 Å². The highest BCUT2D eigenvalue weighted by atomic mass is 16.6. The van der Waals surface area contributed by atoms with Gasteiger partial charge in [-0.25, -0.2) is 9.78 Å². The molecule has 0 aromatic carbocycles. The third-order valence-electron chi connectivity index (χ3n) is 5.88. The molecule has 2 amide bonds. The molecule has 172 valence electrons. The molecule has 2 aromatic heterocycles.